The van der Waals surface area contributed by atoms with E-state index >= 15 is 0 Å². The fourth-order valence-electron chi connectivity index (χ4n) is 3.54. The van der Waals surface area contributed by atoms with E-state index in [1.807, 2.05) is 12.1 Å². The molecule has 0 spiro atoms. The summed E-state index contributed by atoms with van der Waals surface area (Å²) in [5.74, 6) is -0.735. The molecule has 106 valence electrons. The van der Waals surface area contributed by atoms with Gasteiger partial charge in [0, 0.05) is 35.1 Å². The first-order valence-electron chi connectivity index (χ1n) is 7.10. The van der Waals surface area contributed by atoms with Crippen LogP contribution in [-0.4, -0.2) is 33.0 Å². The van der Waals surface area contributed by atoms with Crippen molar-refractivity contribution < 1.29 is 9.90 Å². The summed E-state index contributed by atoms with van der Waals surface area (Å²) in [6, 6.07) is 7.97. The van der Waals surface area contributed by atoms with Crippen molar-refractivity contribution in [3.05, 3.63) is 35.5 Å². The van der Waals surface area contributed by atoms with E-state index in [4.69, 9.17) is 0 Å². The first kappa shape index (κ1) is 13.2. The number of carbonyl (C=O) groups is 1. The molecule has 1 aliphatic rings. The van der Waals surface area contributed by atoms with Crippen molar-refractivity contribution in [2.24, 2.45) is 0 Å². The summed E-state index contributed by atoms with van der Waals surface area (Å²) in [7, 11) is 0. The van der Waals surface area contributed by atoms with Crippen molar-refractivity contribution in [1.29, 1.82) is 0 Å². The van der Waals surface area contributed by atoms with E-state index < -0.39 is 12.0 Å². The normalized spacial score (nSPS) is 23.2. The average Bonchev–Trinajstić information content (AvgIpc) is 2.77. The minimum atomic E-state index is -0.735. The van der Waals surface area contributed by atoms with Crippen LogP contribution in [0, 0.1) is 0 Å². The van der Waals surface area contributed by atoms with Gasteiger partial charge < -0.3 is 10.1 Å². The van der Waals surface area contributed by atoms with Crippen LogP contribution in [0.3, 0.4) is 0 Å². The number of fused-ring (bicyclic) bond motifs is 3. The lowest BCUT2D eigenvalue weighted by Gasteiger charge is -2.41. The van der Waals surface area contributed by atoms with E-state index in [0.29, 0.717) is 6.42 Å². The second kappa shape index (κ2) is 4.63. The summed E-state index contributed by atoms with van der Waals surface area (Å²) in [4.78, 5) is 17.2. The highest BCUT2D eigenvalue weighted by Gasteiger charge is 2.39. The zero-order valence-corrected chi connectivity index (χ0v) is 12.1. The van der Waals surface area contributed by atoms with Crippen molar-refractivity contribution in [3.63, 3.8) is 0 Å². The van der Waals surface area contributed by atoms with Gasteiger partial charge in [-0.2, -0.15) is 0 Å². The van der Waals surface area contributed by atoms with Gasteiger partial charge in [0.2, 0.25) is 0 Å². The van der Waals surface area contributed by atoms with Crippen molar-refractivity contribution in [1.82, 2.24) is 9.88 Å². The van der Waals surface area contributed by atoms with Crippen molar-refractivity contribution >= 4 is 16.9 Å². The fraction of sp³-hybridized carbons (Fsp3) is 0.438. The summed E-state index contributed by atoms with van der Waals surface area (Å²) in [5.41, 5.74) is 3.42. The van der Waals surface area contributed by atoms with Crippen LogP contribution in [-0.2, 0) is 11.2 Å². The maximum Gasteiger partial charge on any atom is 0.321 e. The molecule has 2 unspecified atom stereocenters. The Morgan fingerprint density at radius 3 is 2.75 bits per heavy atom. The number of nitrogens with one attached hydrogen (secondary N) is 1. The lowest BCUT2D eigenvalue weighted by molar-refractivity contribution is -0.145. The number of aromatic amines is 1. The predicted molar refractivity (Wildman–Crippen MR) is 78.8 cm³/mol. The van der Waals surface area contributed by atoms with Crippen molar-refractivity contribution in [2.75, 3.05) is 0 Å². The smallest absolute Gasteiger partial charge is 0.321 e. The Morgan fingerprint density at radius 1 is 1.40 bits per heavy atom. The van der Waals surface area contributed by atoms with Gasteiger partial charge in [-0.15, -0.1) is 0 Å². The highest BCUT2D eigenvalue weighted by molar-refractivity contribution is 5.86. The average molecular weight is 272 g/mol. The fourth-order valence-corrected chi connectivity index (χ4v) is 3.54. The summed E-state index contributed by atoms with van der Waals surface area (Å²) in [6.07, 6.45) is 0.567. The molecular weight excluding hydrogens is 252 g/mol. The third kappa shape index (κ3) is 1.83. The maximum absolute atomic E-state index is 11.6. The number of carboxylic acids is 1. The van der Waals surface area contributed by atoms with E-state index in [1.54, 1.807) is 0 Å². The molecule has 2 aromatic rings. The summed E-state index contributed by atoms with van der Waals surface area (Å²) in [5, 5.41) is 10.7. The molecule has 1 aromatic carbocycles. The lowest BCUT2D eigenvalue weighted by Crippen LogP contribution is -2.50. The SMILES string of the molecule is CC(C)N1C(C(=O)O)Cc2c([nH]c3ccccc23)C1C. The topological polar surface area (TPSA) is 56.3 Å². The molecular formula is C16H20N2O2. The first-order chi connectivity index (χ1) is 9.50. The van der Waals surface area contributed by atoms with Crippen LogP contribution in [0.15, 0.2) is 24.3 Å². The first-order valence-corrected chi connectivity index (χ1v) is 7.10. The zero-order chi connectivity index (χ0) is 14.4. The van der Waals surface area contributed by atoms with E-state index in [2.05, 4.69) is 42.8 Å². The number of carboxylic acid groups (broad SMARTS) is 1. The van der Waals surface area contributed by atoms with Gasteiger partial charge >= 0.3 is 5.97 Å². The van der Waals surface area contributed by atoms with E-state index in [-0.39, 0.29) is 12.1 Å². The highest BCUT2D eigenvalue weighted by atomic mass is 16.4. The number of benzene rings is 1. The number of nitrogens with zero attached hydrogens (tertiary/aromatic N) is 1. The summed E-state index contributed by atoms with van der Waals surface area (Å²) >= 11 is 0. The van der Waals surface area contributed by atoms with Crippen LogP contribution in [0.4, 0.5) is 0 Å². The Hall–Kier alpha value is -1.81. The van der Waals surface area contributed by atoms with E-state index in [0.717, 1.165) is 22.2 Å². The van der Waals surface area contributed by atoms with Gasteiger partial charge in [-0.3, -0.25) is 9.69 Å². The molecule has 0 amide bonds. The predicted octanol–water partition coefficient (Wildman–Crippen LogP) is 2.95. The second-order valence-electron chi connectivity index (χ2n) is 5.84. The van der Waals surface area contributed by atoms with Crippen LogP contribution < -0.4 is 0 Å². The molecule has 3 rings (SSSR count). The quantitative estimate of drug-likeness (QED) is 0.883. The number of hydrogen-bond acceptors (Lipinski definition) is 2. The van der Waals surface area contributed by atoms with Gasteiger partial charge in [0.1, 0.15) is 6.04 Å². The Balaban J connectivity index is 2.17. The van der Waals surface area contributed by atoms with Crippen LogP contribution in [0.1, 0.15) is 38.1 Å². The standard InChI is InChI=1S/C16H20N2O2/c1-9(2)18-10(3)15-12(8-14(18)16(19)20)11-6-4-5-7-13(11)17-15/h4-7,9-10,14,17H,8H2,1-3H3,(H,19,20). The number of aliphatic carboxylic acids is 1. The number of para-hydroxylation sites is 1. The second-order valence-corrected chi connectivity index (χ2v) is 5.84. The van der Waals surface area contributed by atoms with Gasteiger partial charge in [0.25, 0.3) is 0 Å². The molecule has 2 heterocycles. The molecule has 0 fully saturated rings. The van der Waals surface area contributed by atoms with E-state index in [1.165, 1.54) is 0 Å². The Morgan fingerprint density at radius 2 is 2.10 bits per heavy atom. The number of rotatable bonds is 2. The minimum Gasteiger partial charge on any atom is -0.480 e. The minimum absolute atomic E-state index is 0.0900. The maximum atomic E-state index is 11.6. The molecule has 20 heavy (non-hydrogen) atoms. The number of hydrogen-bond donors (Lipinski definition) is 2. The molecule has 0 bridgehead atoms. The molecule has 1 aromatic heterocycles. The number of H-pyrrole nitrogens is 1. The number of aromatic nitrogens is 1. The van der Waals surface area contributed by atoms with Gasteiger partial charge in [-0.1, -0.05) is 18.2 Å². The molecule has 0 aliphatic carbocycles. The third-order valence-corrected chi connectivity index (χ3v) is 4.35. The summed E-state index contributed by atoms with van der Waals surface area (Å²) < 4.78 is 0. The highest BCUT2D eigenvalue weighted by Crippen LogP contribution is 2.37. The zero-order valence-electron chi connectivity index (χ0n) is 12.1. The molecule has 0 radical (unpaired) electrons. The molecule has 2 atom stereocenters. The van der Waals surface area contributed by atoms with Crippen LogP contribution >= 0.6 is 0 Å². The van der Waals surface area contributed by atoms with Crippen LogP contribution in [0.2, 0.25) is 0 Å². The van der Waals surface area contributed by atoms with Gasteiger partial charge in [-0.05, 0) is 32.4 Å². The Labute approximate surface area is 118 Å². The van der Waals surface area contributed by atoms with Gasteiger partial charge in [0.05, 0.1) is 0 Å². The molecule has 2 N–H and O–H groups in total. The van der Waals surface area contributed by atoms with Crippen LogP contribution in [0.25, 0.3) is 10.9 Å². The molecule has 0 saturated heterocycles. The van der Waals surface area contributed by atoms with E-state index in [9.17, 15) is 9.90 Å². The molecule has 4 heteroatoms. The Kier molecular flexibility index (Phi) is 3.05. The summed E-state index contributed by atoms with van der Waals surface area (Å²) in [6.45, 7) is 6.20. The Bertz CT molecular complexity index is 660. The van der Waals surface area contributed by atoms with Gasteiger partial charge in [-0.25, -0.2) is 0 Å². The van der Waals surface area contributed by atoms with Gasteiger partial charge in [0.15, 0.2) is 0 Å². The molecule has 4 nitrogen and oxygen atoms in total. The third-order valence-electron chi connectivity index (χ3n) is 4.35. The lowest BCUT2D eigenvalue weighted by atomic mass is 9.91. The van der Waals surface area contributed by atoms with Crippen LogP contribution in [0.5, 0.6) is 0 Å². The molecule has 1 aliphatic heterocycles. The van der Waals surface area contributed by atoms with Crippen molar-refractivity contribution in [2.45, 2.75) is 45.3 Å². The monoisotopic (exact) mass is 272 g/mol. The largest absolute Gasteiger partial charge is 0.480 e. The molecule has 0 saturated carbocycles. The van der Waals surface area contributed by atoms with Crippen molar-refractivity contribution in [3.8, 4) is 0 Å².